The highest BCUT2D eigenvalue weighted by atomic mass is 15.4. The van der Waals surface area contributed by atoms with E-state index in [0.29, 0.717) is 34.7 Å². The van der Waals surface area contributed by atoms with Crippen molar-refractivity contribution in [3.05, 3.63) is 133 Å². The zero-order valence-electron chi connectivity index (χ0n) is 22.1. The number of hydrogen-bond acceptors (Lipinski definition) is 8. The van der Waals surface area contributed by atoms with Gasteiger partial charge in [0, 0.05) is 22.5 Å². The molecule has 196 valence electrons. The van der Waals surface area contributed by atoms with Crippen LogP contribution in [-0.4, -0.2) is 19.9 Å². The Hall–Kier alpha value is -6.38. The Morgan fingerprint density at radius 1 is 0.405 bits per heavy atom. The van der Waals surface area contributed by atoms with Gasteiger partial charge in [-0.15, -0.1) is 0 Å². The Morgan fingerprint density at radius 2 is 0.714 bits per heavy atom. The second-order valence-corrected chi connectivity index (χ2v) is 9.43. The molecule has 0 spiro atoms. The average Bonchev–Trinajstić information content (AvgIpc) is 3.07. The summed E-state index contributed by atoms with van der Waals surface area (Å²) in [6, 6.07) is 43.2. The normalized spacial score (nSPS) is 11.7. The molecule has 42 heavy (non-hydrogen) atoms. The highest BCUT2D eigenvalue weighted by molar-refractivity contribution is 5.98. The first-order valence-electron chi connectivity index (χ1n) is 13.2. The molecule has 8 heteroatoms. The zero-order chi connectivity index (χ0) is 28.5. The maximum atomic E-state index is 9.88. The number of fused-ring (bicyclic) bond motifs is 2. The number of benzene rings is 4. The van der Waals surface area contributed by atoms with Crippen molar-refractivity contribution in [2.45, 2.75) is 0 Å². The summed E-state index contributed by atoms with van der Waals surface area (Å²) in [5.74, 6) is 1.76. The van der Waals surface area contributed by atoms with E-state index in [9.17, 15) is 10.5 Å². The number of nitriles is 2. The smallest absolute Gasteiger partial charge is 0.184 e. The fraction of sp³-hybridized carbons (Fsp3) is 0. The van der Waals surface area contributed by atoms with Gasteiger partial charge in [-0.3, -0.25) is 9.80 Å². The van der Waals surface area contributed by atoms with Gasteiger partial charge in [0.15, 0.2) is 34.7 Å². The van der Waals surface area contributed by atoms with Gasteiger partial charge in [0.25, 0.3) is 0 Å². The summed E-state index contributed by atoms with van der Waals surface area (Å²) in [6.07, 6.45) is 0. The van der Waals surface area contributed by atoms with Gasteiger partial charge < -0.3 is 0 Å². The third-order valence-electron chi connectivity index (χ3n) is 6.90. The first-order chi connectivity index (χ1) is 20.8. The van der Waals surface area contributed by atoms with Crippen molar-refractivity contribution in [1.82, 2.24) is 19.9 Å². The lowest BCUT2D eigenvalue weighted by molar-refractivity contribution is 0.979. The summed E-state index contributed by atoms with van der Waals surface area (Å²) < 4.78 is 0. The molecule has 0 N–H and O–H groups in total. The van der Waals surface area contributed by atoms with Crippen LogP contribution in [0.1, 0.15) is 11.4 Å². The minimum atomic E-state index is -0.0641. The van der Waals surface area contributed by atoms with Gasteiger partial charge >= 0.3 is 0 Å². The van der Waals surface area contributed by atoms with Gasteiger partial charge in [0.1, 0.15) is 12.1 Å². The number of anilines is 6. The number of aromatic nitrogens is 4. The summed E-state index contributed by atoms with van der Waals surface area (Å²) in [6.45, 7) is 0. The topological polar surface area (TPSA) is 106 Å². The molecule has 2 aromatic heterocycles. The number of nitrogens with zero attached hydrogens (tertiary/aromatic N) is 8. The lowest BCUT2D eigenvalue weighted by Gasteiger charge is -2.37. The van der Waals surface area contributed by atoms with Gasteiger partial charge in [-0.2, -0.15) is 10.5 Å². The highest BCUT2D eigenvalue weighted by Gasteiger charge is 2.38. The fourth-order valence-corrected chi connectivity index (χ4v) is 5.03. The lowest BCUT2D eigenvalue weighted by Crippen LogP contribution is -2.29. The quantitative estimate of drug-likeness (QED) is 0.225. The summed E-state index contributed by atoms with van der Waals surface area (Å²) in [5.41, 5.74) is 4.59. The monoisotopic (exact) mass is 540 g/mol. The second-order valence-electron chi connectivity index (χ2n) is 9.43. The molecule has 0 saturated heterocycles. The number of rotatable bonds is 4. The van der Waals surface area contributed by atoms with Crippen LogP contribution in [0.15, 0.2) is 121 Å². The van der Waals surface area contributed by atoms with E-state index in [1.54, 1.807) is 0 Å². The third kappa shape index (κ3) is 4.08. The first kappa shape index (κ1) is 24.6. The third-order valence-corrected chi connectivity index (χ3v) is 6.90. The first-order valence-corrected chi connectivity index (χ1v) is 13.2. The number of hydrogen-bond donors (Lipinski definition) is 0. The maximum Gasteiger partial charge on any atom is 0.184 e. The Bertz CT molecular complexity index is 1850. The zero-order valence-corrected chi connectivity index (χ0v) is 22.1. The summed E-state index contributed by atoms with van der Waals surface area (Å²) in [7, 11) is 0. The Balaban J connectivity index is 1.62. The van der Waals surface area contributed by atoms with Crippen LogP contribution in [0.3, 0.4) is 0 Å². The Labute approximate surface area is 242 Å². The maximum absolute atomic E-state index is 9.88. The predicted octanol–water partition coefficient (Wildman–Crippen LogP) is 7.60. The van der Waals surface area contributed by atoms with Crippen LogP contribution in [-0.2, 0) is 0 Å². The molecule has 8 nitrogen and oxygen atoms in total. The molecular weight excluding hydrogens is 520 g/mol. The molecule has 0 saturated carbocycles. The Morgan fingerprint density at radius 3 is 1.05 bits per heavy atom. The van der Waals surface area contributed by atoms with Gasteiger partial charge in [-0.1, -0.05) is 97.1 Å². The van der Waals surface area contributed by atoms with Gasteiger partial charge in [-0.05, 0) is 24.3 Å². The van der Waals surface area contributed by atoms with Crippen LogP contribution >= 0.6 is 0 Å². The van der Waals surface area contributed by atoms with E-state index in [-0.39, 0.29) is 11.4 Å². The molecule has 0 bridgehead atoms. The van der Waals surface area contributed by atoms with Crippen molar-refractivity contribution in [1.29, 1.82) is 10.5 Å². The van der Waals surface area contributed by atoms with Crippen molar-refractivity contribution in [2.75, 3.05) is 9.80 Å². The molecule has 0 unspecified atom stereocenters. The van der Waals surface area contributed by atoms with Gasteiger partial charge in [0.2, 0.25) is 0 Å². The molecule has 6 aromatic rings. The van der Waals surface area contributed by atoms with Crippen LogP contribution < -0.4 is 9.80 Å². The molecular formula is C34H20N8. The van der Waals surface area contributed by atoms with Crippen LogP contribution in [0.5, 0.6) is 0 Å². The van der Waals surface area contributed by atoms with Crippen LogP contribution in [0.4, 0.5) is 34.6 Å². The van der Waals surface area contributed by atoms with Crippen LogP contribution in [0.2, 0.25) is 0 Å². The molecule has 0 amide bonds. The van der Waals surface area contributed by atoms with Crippen LogP contribution in [0, 0.1) is 22.7 Å². The lowest BCUT2D eigenvalue weighted by atomic mass is 10.0. The number of para-hydroxylation sites is 2. The van der Waals surface area contributed by atoms with E-state index in [0.717, 1.165) is 22.5 Å². The molecule has 1 aliphatic rings. The molecule has 0 fully saturated rings. The predicted molar refractivity (Wildman–Crippen MR) is 161 cm³/mol. The van der Waals surface area contributed by atoms with Crippen molar-refractivity contribution in [3.63, 3.8) is 0 Å². The molecule has 0 atom stereocenters. The van der Waals surface area contributed by atoms with E-state index in [1.165, 1.54) is 0 Å². The van der Waals surface area contributed by atoms with Gasteiger partial charge in [0.05, 0.1) is 11.4 Å². The van der Waals surface area contributed by atoms with Crippen molar-refractivity contribution in [2.24, 2.45) is 0 Å². The molecule has 7 rings (SSSR count). The van der Waals surface area contributed by atoms with E-state index in [1.807, 2.05) is 143 Å². The fourth-order valence-electron chi connectivity index (χ4n) is 5.03. The second kappa shape index (κ2) is 10.3. The van der Waals surface area contributed by atoms with E-state index in [2.05, 4.69) is 9.97 Å². The highest BCUT2D eigenvalue weighted by Crippen LogP contribution is 2.52. The van der Waals surface area contributed by atoms with E-state index in [4.69, 9.17) is 9.97 Å². The van der Waals surface area contributed by atoms with E-state index < -0.39 is 0 Å². The molecule has 1 aliphatic heterocycles. The molecule has 0 aliphatic carbocycles. The SMILES string of the molecule is N#Cc1nc2c(nc1C#N)N(c1ccccc1)c1nc(-c3ccccc3)c(-c3ccccc3)nc1N2c1ccccc1. The van der Waals surface area contributed by atoms with Crippen molar-refractivity contribution in [3.8, 4) is 34.7 Å². The standard InChI is InChI=1S/C34H20N8/c35-21-27-28(22-36)38-32-31(37-27)41(25-17-9-3-10-18-25)33-34(42(32)26-19-11-4-12-20-26)40-30(24-15-7-2-8-16-24)29(39-33)23-13-5-1-6-14-23/h1-20H. The summed E-state index contributed by atoms with van der Waals surface area (Å²) in [5, 5.41) is 19.8. The molecule has 4 aromatic carbocycles. The van der Waals surface area contributed by atoms with E-state index >= 15 is 0 Å². The summed E-state index contributed by atoms with van der Waals surface area (Å²) in [4.78, 5) is 23.7. The average molecular weight is 541 g/mol. The minimum absolute atomic E-state index is 0.0641. The summed E-state index contributed by atoms with van der Waals surface area (Å²) >= 11 is 0. The minimum Gasteiger partial charge on any atom is -0.273 e. The molecule has 3 heterocycles. The largest absolute Gasteiger partial charge is 0.273 e. The van der Waals surface area contributed by atoms with Crippen molar-refractivity contribution < 1.29 is 0 Å². The van der Waals surface area contributed by atoms with Gasteiger partial charge in [-0.25, -0.2) is 19.9 Å². The van der Waals surface area contributed by atoms with Crippen LogP contribution in [0.25, 0.3) is 22.5 Å². The Kier molecular flexibility index (Phi) is 6.05. The molecule has 0 radical (unpaired) electrons. The van der Waals surface area contributed by atoms with Crippen molar-refractivity contribution >= 4 is 34.6 Å².